The van der Waals surface area contributed by atoms with E-state index in [4.69, 9.17) is 0 Å². The number of aromatic nitrogens is 1. The average molecular weight is 469 g/mol. The molecule has 2 aromatic carbocycles. The second-order valence-electron chi connectivity index (χ2n) is 9.65. The van der Waals surface area contributed by atoms with Crippen LogP contribution < -0.4 is 9.80 Å². The number of aliphatic hydroxyl groups is 1. The van der Waals surface area contributed by atoms with Crippen LogP contribution in [0.3, 0.4) is 0 Å². The molecule has 0 saturated carbocycles. The minimum Gasteiger partial charge on any atom is -0.394 e. The van der Waals surface area contributed by atoms with E-state index in [1.807, 2.05) is 6.20 Å². The van der Waals surface area contributed by atoms with Gasteiger partial charge in [-0.1, -0.05) is 6.07 Å². The third-order valence-corrected chi connectivity index (χ3v) is 7.60. The maximum Gasteiger partial charge on any atom is 0.150 e. The van der Waals surface area contributed by atoms with Crippen LogP contribution in [-0.4, -0.2) is 66.9 Å². The van der Waals surface area contributed by atoms with Crippen molar-refractivity contribution < 1.29 is 13.9 Å². The molecule has 34 heavy (non-hydrogen) atoms. The van der Waals surface area contributed by atoms with Crippen molar-refractivity contribution >= 4 is 22.3 Å². The van der Waals surface area contributed by atoms with Crippen LogP contribution in [0.4, 0.5) is 20.2 Å². The molecule has 7 heteroatoms. The van der Waals surface area contributed by atoms with Gasteiger partial charge in [0.1, 0.15) is 11.6 Å². The van der Waals surface area contributed by atoms with E-state index in [1.54, 1.807) is 0 Å². The maximum atomic E-state index is 13.9. The highest BCUT2D eigenvalue weighted by molar-refractivity contribution is 5.83. The summed E-state index contributed by atoms with van der Waals surface area (Å²) in [6.07, 6.45) is 5.75. The number of fused-ring (bicyclic) bond motifs is 1. The molecule has 2 fully saturated rings. The summed E-state index contributed by atoms with van der Waals surface area (Å²) >= 11 is 0. The van der Waals surface area contributed by atoms with Crippen LogP contribution in [0.15, 0.2) is 36.5 Å². The molecule has 1 atom stereocenters. The zero-order chi connectivity index (χ0) is 23.7. The van der Waals surface area contributed by atoms with Gasteiger partial charge >= 0.3 is 0 Å². The molecule has 1 unspecified atom stereocenters. The van der Waals surface area contributed by atoms with Crippen molar-refractivity contribution in [1.29, 1.82) is 0 Å². The number of hydrogen-bond donors (Lipinski definition) is 2. The standard InChI is InChI=1S/C27H34F2N4O/c1-19-25(7-2-8-26(19)33-10-4-6-22(33)18-34)32-13-11-31(12-14-32)9-3-5-20-17-30-27-23(20)15-21(28)16-24(27)29/h2,7-8,15-17,22,30,34H,3-6,9-14,18H2,1H3. The molecule has 0 spiro atoms. The van der Waals surface area contributed by atoms with Gasteiger partial charge in [-0.25, -0.2) is 8.78 Å². The highest BCUT2D eigenvalue weighted by Crippen LogP contribution is 2.34. The molecule has 0 radical (unpaired) electrons. The van der Waals surface area contributed by atoms with Crippen molar-refractivity contribution in [2.75, 3.05) is 55.7 Å². The summed E-state index contributed by atoms with van der Waals surface area (Å²) in [5, 5.41) is 10.4. The van der Waals surface area contributed by atoms with E-state index in [0.717, 1.165) is 76.6 Å². The van der Waals surface area contributed by atoms with Crippen LogP contribution >= 0.6 is 0 Å². The highest BCUT2D eigenvalue weighted by atomic mass is 19.1. The van der Waals surface area contributed by atoms with Gasteiger partial charge < -0.3 is 19.9 Å². The number of H-pyrrole nitrogens is 1. The van der Waals surface area contributed by atoms with Crippen molar-refractivity contribution in [2.45, 2.75) is 38.6 Å². The Hall–Kier alpha value is -2.64. The topological polar surface area (TPSA) is 45.7 Å². The number of piperazine rings is 1. The molecule has 0 aliphatic carbocycles. The fourth-order valence-electron chi connectivity index (χ4n) is 5.73. The van der Waals surface area contributed by atoms with Crippen LogP contribution in [0, 0.1) is 18.6 Å². The molecular weight excluding hydrogens is 434 g/mol. The van der Waals surface area contributed by atoms with E-state index in [9.17, 15) is 13.9 Å². The maximum absolute atomic E-state index is 13.9. The van der Waals surface area contributed by atoms with Crippen molar-refractivity contribution in [1.82, 2.24) is 9.88 Å². The number of benzene rings is 2. The normalized spacial score (nSPS) is 19.5. The second-order valence-corrected chi connectivity index (χ2v) is 9.65. The van der Waals surface area contributed by atoms with Crippen molar-refractivity contribution in [2.24, 2.45) is 0 Å². The molecule has 5 nitrogen and oxygen atoms in total. The Balaban J connectivity index is 1.16. The highest BCUT2D eigenvalue weighted by Gasteiger charge is 2.27. The van der Waals surface area contributed by atoms with E-state index in [2.05, 4.69) is 44.8 Å². The molecule has 0 amide bonds. The van der Waals surface area contributed by atoms with Gasteiger partial charge in [0.05, 0.1) is 18.2 Å². The Bertz CT molecular complexity index is 1140. The zero-order valence-corrected chi connectivity index (χ0v) is 19.9. The average Bonchev–Trinajstić information content (AvgIpc) is 3.47. The number of rotatable bonds is 7. The first kappa shape index (κ1) is 23.1. The molecule has 0 bridgehead atoms. The fraction of sp³-hybridized carbons (Fsp3) is 0.481. The van der Waals surface area contributed by atoms with Crippen LogP contribution in [0.25, 0.3) is 10.9 Å². The Labute approximate surface area is 200 Å². The minimum absolute atomic E-state index is 0.213. The first-order valence-electron chi connectivity index (χ1n) is 12.4. The van der Waals surface area contributed by atoms with Gasteiger partial charge in [-0.2, -0.15) is 0 Å². The number of aliphatic hydroxyl groups excluding tert-OH is 1. The molecule has 1 aromatic heterocycles. The first-order chi connectivity index (χ1) is 16.5. The van der Waals surface area contributed by atoms with Gasteiger partial charge in [0.15, 0.2) is 0 Å². The van der Waals surface area contributed by atoms with Gasteiger partial charge in [-0.15, -0.1) is 0 Å². The fourth-order valence-corrected chi connectivity index (χ4v) is 5.73. The molecule has 2 N–H and O–H groups in total. The van der Waals surface area contributed by atoms with Gasteiger partial charge in [0.2, 0.25) is 0 Å². The van der Waals surface area contributed by atoms with Gasteiger partial charge in [-0.3, -0.25) is 4.90 Å². The zero-order valence-electron chi connectivity index (χ0n) is 19.9. The Morgan fingerprint density at radius 1 is 1.06 bits per heavy atom. The molecule has 2 saturated heterocycles. The summed E-state index contributed by atoms with van der Waals surface area (Å²) in [5.74, 6) is -1.06. The van der Waals surface area contributed by atoms with E-state index >= 15 is 0 Å². The van der Waals surface area contributed by atoms with Crippen molar-refractivity contribution in [3.8, 4) is 0 Å². The Morgan fingerprint density at radius 2 is 1.85 bits per heavy atom. The number of aromatic amines is 1. The molecule has 3 heterocycles. The van der Waals surface area contributed by atoms with Crippen molar-refractivity contribution in [3.05, 3.63) is 59.3 Å². The Kier molecular flexibility index (Phi) is 6.75. The van der Waals surface area contributed by atoms with Gasteiger partial charge in [0, 0.05) is 61.7 Å². The predicted octanol–water partition coefficient (Wildman–Crippen LogP) is 4.47. The lowest BCUT2D eigenvalue weighted by atomic mass is 10.1. The van der Waals surface area contributed by atoms with Crippen LogP contribution in [0.5, 0.6) is 0 Å². The monoisotopic (exact) mass is 468 g/mol. The largest absolute Gasteiger partial charge is 0.394 e. The number of nitrogens with zero attached hydrogens (tertiary/aromatic N) is 3. The quantitative estimate of drug-likeness (QED) is 0.537. The molecule has 2 aliphatic heterocycles. The molecule has 5 rings (SSSR count). The molecule has 182 valence electrons. The lowest BCUT2D eigenvalue weighted by Gasteiger charge is -2.38. The summed E-state index contributed by atoms with van der Waals surface area (Å²) in [7, 11) is 0. The number of hydrogen-bond acceptors (Lipinski definition) is 4. The van der Waals surface area contributed by atoms with Gasteiger partial charge in [0.25, 0.3) is 0 Å². The third kappa shape index (κ3) is 4.51. The lowest BCUT2D eigenvalue weighted by molar-refractivity contribution is 0.255. The summed E-state index contributed by atoms with van der Waals surface area (Å²) in [4.78, 5) is 10.3. The SMILES string of the molecule is Cc1c(N2CCN(CCCc3c[nH]c4c(F)cc(F)cc34)CC2)cccc1N1CCCC1CO. The van der Waals surface area contributed by atoms with Gasteiger partial charge in [-0.05, 0) is 68.5 Å². The first-order valence-corrected chi connectivity index (χ1v) is 12.4. The van der Waals surface area contributed by atoms with E-state index in [1.165, 1.54) is 23.0 Å². The third-order valence-electron chi connectivity index (χ3n) is 7.60. The number of halogens is 2. The lowest BCUT2D eigenvalue weighted by Crippen LogP contribution is -2.47. The number of nitrogens with one attached hydrogen (secondary N) is 1. The molecular formula is C27H34F2N4O. The molecule has 2 aliphatic rings. The van der Waals surface area contributed by atoms with E-state index in [-0.39, 0.29) is 12.6 Å². The van der Waals surface area contributed by atoms with Crippen molar-refractivity contribution in [3.63, 3.8) is 0 Å². The number of anilines is 2. The summed E-state index contributed by atoms with van der Waals surface area (Å²) in [6.45, 7) is 8.38. The van der Waals surface area contributed by atoms with Crippen LogP contribution in [0.1, 0.15) is 30.4 Å². The number of aryl methyl sites for hydroxylation is 1. The summed E-state index contributed by atoms with van der Waals surface area (Å²) < 4.78 is 27.6. The smallest absolute Gasteiger partial charge is 0.150 e. The second kappa shape index (κ2) is 9.92. The van der Waals surface area contributed by atoms with Crippen LogP contribution in [-0.2, 0) is 6.42 Å². The Morgan fingerprint density at radius 3 is 2.65 bits per heavy atom. The predicted molar refractivity (Wildman–Crippen MR) is 134 cm³/mol. The molecule has 3 aromatic rings. The van der Waals surface area contributed by atoms with E-state index in [0.29, 0.717) is 10.9 Å². The summed E-state index contributed by atoms with van der Waals surface area (Å²) in [6, 6.07) is 9.12. The van der Waals surface area contributed by atoms with E-state index < -0.39 is 11.6 Å². The summed E-state index contributed by atoms with van der Waals surface area (Å²) in [5.41, 5.74) is 5.21. The van der Waals surface area contributed by atoms with Crippen LogP contribution in [0.2, 0.25) is 0 Å². The minimum atomic E-state index is -0.534.